The number of aliphatic hydroxyl groups is 1. The van der Waals surface area contributed by atoms with Gasteiger partial charge in [-0.2, -0.15) is 0 Å². The van der Waals surface area contributed by atoms with Crippen molar-refractivity contribution in [2.45, 2.75) is 38.3 Å². The Kier molecular flexibility index (Phi) is 4.35. The van der Waals surface area contributed by atoms with Gasteiger partial charge in [-0.1, -0.05) is 6.92 Å². The Hall–Kier alpha value is -0.810. The lowest BCUT2D eigenvalue weighted by Gasteiger charge is -2.36. The van der Waals surface area contributed by atoms with Crippen molar-refractivity contribution in [3.8, 4) is 0 Å². The van der Waals surface area contributed by atoms with Crippen LogP contribution < -0.4 is 11.5 Å². The number of nitrogens with zero attached hydrogens (tertiary/aromatic N) is 1. The summed E-state index contributed by atoms with van der Waals surface area (Å²) in [6, 6.07) is -0.429. The van der Waals surface area contributed by atoms with E-state index < -0.39 is 6.03 Å². The molecule has 1 fully saturated rings. The van der Waals surface area contributed by atoms with Crippen LogP contribution in [0.3, 0.4) is 0 Å². The normalized spacial score (nSPS) is 28.9. The molecule has 3 unspecified atom stereocenters. The van der Waals surface area contributed by atoms with Crippen LogP contribution in [0.4, 0.5) is 4.79 Å². The summed E-state index contributed by atoms with van der Waals surface area (Å²) in [5, 5.41) is 9.55. The SMILES string of the molecule is CCC(O)CC1CC(N)CN(C(N)=O)C1. The third-order valence-electron chi connectivity index (χ3n) is 2.96. The molecule has 0 saturated carbocycles. The number of carbonyl (C=O) groups excluding carboxylic acids is 1. The maximum atomic E-state index is 11.0. The van der Waals surface area contributed by atoms with Crippen LogP contribution in [0, 0.1) is 5.92 Å². The van der Waals surface area contributed by atoms with Crippen molar-refractivity contribution in [2.24, 2.45) is 17.4 Å². The molecule has 5 nitrogen and oxygen atoms in total. The number of piperidine rings is 1. The highest BCUT2D eigenvalue weighted by Crippen LogP contribution is 2.21. The van der Waals surface area contributed by atoms with Gasteiger partial charge in [-0.25, -0.2) is 4.79 Å². The van der Waals surface area contributed by atoms with Gasteiger partial charge in [-0.05, 0) is 25.2 Å². The molecule has 0 radical (unpaired) electrons. The fraction of sp³-hybridized carbons (Fsp3) is 0.900. The smallest absolute Gasteiger partial charge is 0.314 e. The van der Waals surface area contributed by atoms with Crippen molar-refractivity contribution in [1.29, 1.82) is 0 Å². The van der Waals surface area contributed by atoms with Crippen LogP contribution in [0.25, 0.3) is 0 Å². The molecular formula is C10H21N3O2. The first-order chi connectivity index (χ1) is 7.02. The zero-order valence-corrected chi connectivity index (χ0v) is 9.22. The first-order valence-corrected chi connectivity index (χ1v) is 5.51. The van der Waals surface area contributed by atoms with Crippen LogP contribution in [0.5, 0.6) is 0 Å². The van der Waals surface area contributed by atoms with E-state index in [0.29, 0.717) is 19.5 Å². The quantitative estimate of drug-likeness (QED) is 0.612. The predicted molar refractivity (Wildman–Crippen MR) is 58.2 cm³/mol. The van der Waals surface area contributed by atoms with Crippen LogP contribution in [0.2, 0.25) is 0 Å². The maximum absolute atomic E-state index is 11.0. The number of hydrogen-bond donors (Lipinski definition) is 3. The molecule has 15 heavy (non-hydrogen) atoms. The standard InChI is InChI=1S/C10H21N3O2/c1-2-9(14)4-7-3-8(11)6-13(5-7)10(12)15/h7-9,14H,2-6,11H2,1H3,(H2,12,15). The molecule has 1 heterocycles. The first kappa shape index (κ1) is 12.3. The van der Waals surface area contributed by atoms with Gasteiger partial charge >= 0.3 is 6.03 Å². The van der Waals surface area contributed by atoms with Gasteiger partial charge in [-0.15, -0.1) is 0 Å². The number of nitrogens with two attached hydrogens (primary N) is 2. The molecule has 0 aliphatic carbocycles. The summed E-state index contributed by atoms with van der Waals surface area (Å²) < 4.78 is 0. The number of primary amides is 1. The van der Waals surface area contributed by atoms with E-state index in [1.807, 2.05) is 6.92 Å². The highest BCUT2D eigenvalue weighted by Gasteiger charge is 2.27. The van der Waals surface area contributed by atoms with Crippen molar-refractivity contribution in [3.63, 3.8) is 0 Å². The van der Waals surface area contributed by atoms with Crippen molar-refractivity contribution >= 4 is 6.03 Å². The van der Waals surface area contributed by atoms with E-state index in [2.05, 4.69) is 0 Å². The minimum atomic E-state index is -0.416. The molecule has 2 amide bonds. The zero-order valence-electron chi connectivity index (χ0n) is 9.22. The Morgan fingerprint density at radius 3 is 2.80 bits per heavy atom. The van der Waals surface area contributed by atoms with Gasteiger partial charge in [0, 0.05) is 19.1 Å². The van der Waals surface area contributed by atoms with E-state index in [-0.39, 0.29) is 18.1 Å². The molecule has 0 aromatic carbocycles. The number of carbonyl (C=O) groups is 1. The summed E-state index contributed by atoms with van der Waals surface area (Å²) in [4.78, 5) is 12.6. The van der Waals surface area contributed by atoms with E-state index >= 15 is 0 Å². The van der Waals surface area contributed by atoms with E-state index in [0.717, 1.165) is 12.8 Å². The van der Waals surface area contributed by atoms with Crippen LogP contribution >= 0.6 is 0 Å². The fourth-order valence-corrected chi connectivity index (χ4v) is 2.15. The van der Waals surface area contributed by atoms with Crippen molar-refractivity contribution in [2.75, 3.05) is 13.1 Å². The topological polar surface area (TPSA) is 92.6 Å². The second-order valence-corrected chi connectivity index (χ2v) is 4.40. The van der Waals surface area contributed by atoms with Crippen LogP contribution in [-0.2, 0) is 0 Å². The minimum absolute atomic E-state index is 0.0136. The highest BCUT2D eigenvalue weighted by molar-refractivity contribution is 5.72. The van der Waals surface area contributed by atoms with Gasteiger partial charge in [0.25, 0.3) is 0 Å². The van der Waals surface area contributed by atoms with E-state index in [1.54, 1.807) is 4.90 Å². The second kappa shape index (κ2) is 5.32. The number of likely N-dealkylation sites (tertiary alicyclic amines) is 1. The maximum Gasteiger partial charge on any atom is 0.314 e. The lowest BCUT2D eigenvalue weighted by atomic mass is 9.89. The van der Waals surface area contributed by atoms with Crippen molar-refractivity contribution in [3.05, 3.63) is 0 Å². The monoisotopic (exact) mass is 215 g/mol. The molecule has 0 aromatic rings. The Bertz CT molecular complexity index is 223. The molecule has 1 saturated heterocycles. The Morgan fingerprint density at radius 2 is 2.27 bits per heavy atom. The molecule has 0 bridgehead atoms. The largest absolute Gasteiger partial charge is 0.393 e. The molecule has 3 atom stereocenters. The van der Waals surface area contributed by atoms with Gasteiger partial charge in [0.1, 0.15) is 0 Å². The average Bonchev–Trinajstić information content (AvgIpc) is 2.16. The number of rotatable bonds is 3. The number of amides is 2. The molecule has 1 aliphatic rings. The van der Waals surface area contributed by atoms with Gasteiger partial charge in [0.15, 0.2) is 0 Å². The predicted octanol–water partition coefficient (Wildman–Crippen LogP) is -0.125. The van der Waals surface area contributed by atoms with E-state index in [1.165, 1.54) is 0 Å². The Labute approximate surface area is 90.4 Å². The van der Waals surface area contributed by atoms with E-state index in [9.17, 15) is 9.90 Å². The zero-order chi connectivity index (χ0) is 11.4. The molecule has 5 N–H and O–H groups in total. The van der Waals surface area contributed by atoms with Gasteiger partial charge in [0.2, 0.25) is 0 Å². The lowest BCUT2D eigenvalue weighted by Crippen LogP contribution is -2.51. The molecule has 1 aliphatic heterocycles. The highest BCUT2D eigenvalue weighted by atomic mass is 16.3. The van der Waals surface area contributed by atoms with Crippen LogP contribution in [0.1, 0.15) is 26.2 Å². The molecule has 5 heteroatoms. The summed E-state index contributed by atoms with van der Waals surface area (Å²) in [6.07, 6.45) is 2.01. The van der Waals surface area contributed by atoms with Crippen molar-refractivity contribution < 1.29 is 9.90 Å². The number of hydrogen-bond acceptors (Lipinski definition) is 3. The molecule has 0 aromatic heterocycles. The van der Waals surface area contributed by atoms with Crippen molar-refractivity contribution in [1.82, 2.24) is 4.90 Å². The summed E-state index contributed by atoms with van der Waals surface area (Å²) in [7, 11) is 0. The average molecular weight is 215 g/mol. The summed E-state index contributed by atoms with van der Waals surface area (Å²) in [6.45, 7) is 3.10. The summed E-state index contributed by atoms with van der Waals surface area (Å²) >= 11 is 0. The van der Waals surface area contributed by atoms with E-state index in [4.69, 9.17) is 11.5 Å². The fourth-order valence-electron chi connectivity index (χ4n) is 2.15. The van der Waals surface area contributed by atoms with Gasteiger partial charge in [-0.3, -0.25) is 0 Å². The summed E-state index contributed by atoms with van der Waals surface area (Å²) in [5.41, 5.74) is 11.1. The molecule has 88 valence electrons. The molecule has 0 spiro atoms. The Balaban J connectivity index is 2.48. The third-order valence-corrected chi connectivity index (χ3v) is 2.96. The summed E-state index contributed by atoms with van der Waals surface area (Å²) in [5.74, 6) is 0.274. The van der Waals surface area contributed by atoms with Gasteiger partial charge in [0.05, 0.1) is 6.10 Å². The first-order valence-electron chi connectivity index (χ1n) is 5.51. The number of aliphatic hydroxyl groups excluding tert-OH is 1. The third kappa shape index (κ3) is 3.68. The minimum Gasteiger partial charge on any atom is -0.393 e. The molecule has 1 rings (SSSR count). The lowest BCUT2D eigenvalue weighted by molar-refractivity contribution is 0.101. The van der Waals surface area contributed by atoms with Crippen LogP contribution in [0.15, 0.2) is 0 Å². The van der Waals surface area contributed by atoms with Gasteiger partial charge < -0.3 is 21.5 Å². The van der Waals surface area contributed by atoms with Crippen LogP contribution in [-0.4, -0.2) is 41.3 Å². The number of urea groups is 1. The molecular weight excluding hydrogens is 194 g/mol. The Morgan fingerprint density at radius 1 is 1.60 bits per heavy atom. The second-order valence-electron chi connectivity index (χ2n) is 4.40.